The summed E-state index contributed by atoms with van der Waals surface area (Å²) in [6.45, 7) is 7.90. The van der Waals surface area contributed by atoms with E-state index >= 15 is 0 Å². The molecule has 0 bridgehead atoms. The summed E-state index contributed by atoms with van der Waals surface area (Å²) in [7, 11) is 0. The van der Waals surface area contributed by atoms with Gasteiger partial charge in [-0.05, 0) is 43.7 Å². The number of para-hydroxylation sites is 1. The highest BCUT2D eigenvalue weighted by Gasteiger charge is 2.17. The molecule has 2 rings (SSSR count). The molecule has 1 aromatic heterocycles. The Hall–Kier alpha value is -1.87. The van der Waals surface area contributed by atoms with Gasteiger partial charge in [0.15, 0.2) is 0 Å². The largest absolute Gasteiger partial charge is 0.493 e. The number of nitrogens with one attached hydrogen (secondary N) is 1. The van der Waals surface area contributed by atoms with Crippen molar-refractivity contribution in [1.29, 1.82) is 0 Å². The Kier molecular flexibility index (Phi) is 5.76. The van der Waals surface area contributed by atoms with E-state index in [1.165, 1.54) is 11.1 Å². The third kappa shape index (κ3) is 4.05. The molecule has 0 saturated carbocycles. The average Bonchev–Trinajstić information content (AvgIpc) is 2.51. The van der Waals surface area contributed by atoms with Crippen LogP contribution in [0.15, 0.2) is 42.6 Å². The molecule has 0 saturated heterocycles. The van der Waals surface area contributed by atoms with E-state index in [-0.39, 0.29) is 6.04 Å². The lowest BCUT2D eigenvalue weighted by molar-refractivity contribution is 0.312. The van der Waals surface area contributed by atoms with E-state index in [0.717, 1.165) is 31.0 Å². The first kappa shape index (κ1) is 15.5. The number of rotatable bonds is 7. The predicted molar refractivity (Wildman–Crippen MR) is 86.7 cm³/mol. The third-order valence-electron chi connectivity index (χ3n) is 3.35. The van der Waals surface area contributed by atoms with Crippen LogP contribution in [0, 0.1) is 6.92 Å². The van der Waals surface area contributed by atoms with Crippen molar-refractivity contribution < 1.29 is 4.74 Å². The molecule has 0 aliphatic rings. The highest BCUT2D eigenvalue weighted by molar-refractivity contribution is 5.41. The Balaban J connectivity index is 2.38. The van der Waals surface area contributed by atoms with Gasteiger partial charge in [-0.1, -0.05) is 32.0 Å². The van der Waals surface area contributed by atoms with E-state index in [2.05, 4.69) is 48.4 Å². The van der Waals surface area contributed by atoms with Gasteiger partial charge in [-0.2, -0.15) is 0 Å². The first-order valence-corrected chi connectivity index (χ1v) is 7.64. The van der Waals surface area contributed by atoms with Crippen LogP contribution in [0.5, 0.6) is 5.75 Å². The zero-order chi connectivity index (χ0) is 15.1. The van der Waals surface area contributed by atoms with Crippen molar-refractivity contribution >= 4 is 0 Å². The fourth-order valence-corrected chi connectivity index (χ4v) is 2.42. The highest BCUT2D eigenvalue weighted by atomic mass is 16.5. The fraction of sp³-hybridized carbons (Fsp3) is 0.389. The molecule has 0 amide bonds. The summed E-state index contributed by atoms with van der Waals surface area (Å²) in [5.74, 6) is 0.958. The number of aryl methyl sites for hydroxylation is 1. The van der Waals surface area contributed by atoms with Crippen molar-refractivity contribution in [3.63, 3.8) is 0 Å². The molecule has 1 heterocycles. The molecule has 3 nitrogen and oxygen atoms in total. The van der Waals surface area contributed by atoms with Crippen LogP contribution < -0.4 is 10.1 Å². The van der Waals surface area contributed by atoms with Crippen LogP contribution in [0.25, 0.3) is 0 Å². The van der Waals surface area contributed by atoms with Gasteiger partial charge in [0.1, 0.15) is 5.75 Å². The van der Waals surface area contributed by atoms with Crippen molar-refractivity contribution in [2.45, 2.75) is 33.2 Å². The van der Waals surface area contributed by atoms with Crippen molar-refractivity contribution in [2.75, 3.05) is 13.2 Å². The van der Waals surface area contributed by atoms with Crippen LogP contribution in [-0.2, 0) is 0 Å². The Morgan fingerprint density at radius 3 is 2.71 bits per heavy atom. The lowest BCUT2D eigenvalue weighted by Gasteiger charge is -2.22. The zero-order valence-corrected chi connectivity index (χ0v) is 13.1. The number of hydrogen-bond acceptors (Lipinski definition) is 3. The minimum atomic E-state index is 0.129. The van der Waals surface area contributed by atoms with Gasteiger partial charge >= 0.3 is 0 Å². The lowest BCUT2D eigenvalue weighted by Crippen LogP contribution is -2.23. The fourth-order valence-electron chi connectivity index (χ4n) is 2.42. The monoisotopic (exact) mass is 284 g/mol. The third-order valence-corrected chi connectivity index (χ3v) is 3.35. The summed E-state index contributed by atoms with van der Waals surface area (Å²) in [4.78, 5) is 4.29. The van der Waals surface area contributed by atoms with Gasteiger partial charge in [0, 0.05) is 17.5 Å². The summed E-state index contributed by atoms with van der Waals surface area (Å²) in [6.07, 6.45) is 2.87. The van der Waals surface area contributed by atoms with Gasteiger partial charge in [0.25, 0.3) is 0 Å². The maximum Gasteiger partial charge on any atom is 0.124 e. The van der Waals surface area contributed by atoms with Crippen LogP contribution in [0.3, 0.4) is 0 Å². The van der Waals surface area contributed by atoms with Crippen LogP contribution in [0.2, 0.25) is 0 Å². The quantitative estimate of drug-likeness (QED) is 0.838. The highest BCUT2D eigenvalue weighted by Crippen LogP contribution is 2.30. The second-order valence-electron chi connectivity index (χ2n) is 5.11. The minimum Gasteiger partial charge on any atom is -0.493 e. The minimum absolute atomic E-state index is 0.129. The SMILES string of the molecule is CCCOc1ccccc1C(NCC)c1ccnc(C)c1. The summed E-state index contributed by atoms with van der Waals surface area (Å²) >= 11 is 0. The van der Waals surface area contributed by atoms with Crippen LogP contribution >= 0.6 is 0 Å². The predicted octanol–water partition coefficient (Wildman–Crippen LogP) is 3.88. The van der Waals surface area contributed by atoms with E-state index in [4.69, 9.17) is 4.74 Å². The molecule has 0 fully saturated rings. The van der Waals surface area contributed by atoms with Gasteiger partial charge in [-0.25, -0.2) is 0 Å². The summed E-state index contributed by atoms with van der Waals surface area (Å²) in [5.41, 5.74) is 3.43. The molecule has 3 heteroatoms. The smallest absolute Gasteiger partial charge is 0.124 e. The van der Waals surface area contributed by atoms with Crippen LogP contribution in [-0.4, -0.2) is 18.1 Å². The Morgan fingerprint density at radius 1 is 1.19 bits per heavy atom. The molecule has 21 heavy (non-hydrogen) atoms. The number of pyridine rings is 1. The van der Waals surface area contributed by atoms with Crippen molar-refractivity contribution in [3.05, 3.63) is 59.4 Å². The summed E-state index contributed by atoms with van der Waals surface area (Å²) < 4.78 is 5.91. The normalized spacial score (nSPS) is 12.1. The van der Waals surface area contributed by atoms with E-state index in [9.17, 15) is 0 Å². The van der Waals surface area contributed by atoms with E-state index in [0.29, 0.717) is 0 Å². The van der Waals surface area contributed by atoms with E-state index in [1.54, 1.807) is 0 Å². The Labute approximate surface area is 127 Å². The molecule has 1 unspecified atom stereocenters. The van der Waals surface area contributed by atoms with Gasteiger partial charge in [0.2, 0.25) is 0 Å². The zero-order valence-electron chi connectivity index (χ0n) is 13.1. The molecule has 0 aliphatic carbocycles. The van der Waals surface area contributed by atoms with Gasteiger partial charge in [0.05, 0.1) is 12.6 Å². The van der Waals surface area contributed by atoms with Crippen molar-refractivity contribution in [1.82, 2.24) is 10.3 Å². The van der Waals surface area contributed by atoms with Gasteiger partial charge < -0.3 is 10.1 Å². The standard InChI is InChI=1S/C18H24N2O/c1-4-12-21-17-9-7-6-8-16(17)18(19-5-2)15-10-11-20-14(3)13-15/h6-11,13,18-19H,4-5,12H2,1-3H3. The number of benzene rings is 1. The topological polar surface area (TPSA) is 34.1 Å². The molecular formula is C18H24N2O. The number of hydrogen-bond donors (Lipinski definition) is 1. The first-order chi connectivity index (χ1) is 10.3. The maximum atomic E-state index is 5.91. The second kappa shape index (κ2) is 7.79. The van der Waals surface area contributed by atoms with Crippen LogP contribution in [0.1, 0.15) is 43.1 Å². The van der Waals surface area contributed by atoms with Crippen molar-refractivity contribution in [2.24, 2.45) is 0 Å². The average molecular weight is 284 g/mol. The van der Waals surface area contributed by atoms with E-state index < -0.39 is 0 Å². The number of aromatic nitrogens is 1. The van der Waals surface area contributed by atoms with E-state index in [1.807, 2.05) is 25.3 Å². The van der Waals surface area contributed by atoms with Crippen LogP contribution in [0.4, 0.5) is 0 Å². The maximum absolute atomic E-state index is 5.91. The van der Waals surface area contributed by atoms with Gasteiger partial charge in [-0.3, -0.25) is 4.98 Å². The van der Waals surface area contributed by atoms with Crippen molar-refractivity contribution in [3.8, 4) is 5.75 Å². The molecular weight excluding hydrogens is 260 g/mol. The summed E-state index contributed by atoms with van der Waals surface area (Å²) in [5, 5.41) is 3.55. The Bertz CT molecular complexity index is 569. The molecule has 1 aromatic carbocycles. The Morgan fingerprint density at radius 2 is 2.00 bits per heavy atom. The molecule has 0 aliphatic heterocycles. The molecule has 1 N–H and O–H groups in total. The molecule has 112 valence electrons. The lowest BCUT2D eigenvalue weighted by atomic mass is 9.98. The van der Waals surface area contributed by atoms with Gasteiger partial charge in [-0.15, -0.1) is 0 Å². The molecule has 0 spiro atoms. The molecule has 1 atom stereocenters. The molecule has 0 radical (unpaired) electrons. The number of ether oxygens (including phenoxy) is 1. The first-order valence-electron chi connectivity index (χ1n) is 7.64. The second-order valence-corrected chi connectivity index (χ2v) is 5.11. The summed E-state index contributed by atoms with van der Waals surface area (Å²) in [6, 6.07) is 12.6. The molecule has 2 aromatic rings. The number of nitrogens with zero attached hydrogens (tertiary/aromatic N) is 1.